The van der Waals surface area contributed by atoms with Gasteiger partial charge in [0.1, 0.15) is 11.3 Å². The average molecular weight is 492 g/mol. The largest absolute Gasteiger partial charge is 0.336 e. The van der Waals surface area contributed by atoms with Crippen LogP contribution in [0.5, 0.6) is 0 Å². The van der Waals surface area contributed by atoms with Gasteiger partial charge in [-0.15, -0.1) is 0 Å². The molecule has 4 heterocycles. The molecule has 0 atom stereocenters. The van der Waals surface area contributed by atoms with Crippen molar-refractivity contribution in [3.05, 3.63) is 78.9 Å². The number of carbonyl (C=O) groups is 1. The van der Waals surface area contributed by atoms with E-state index < -0.39 is 0 Å². The Morgan fingerprint density at radius 2 is 1.84 bits per heavy atom. The lowest BCUT2D eigenvalue weighted by Gasteiger charge is -2.06. The second-order valence-corrected chi connectivity index (χ2v) is 8.72. The summed E-state index contributed by atoms with van der Waals surface area (Å²) in [5.41, 5.74) is 7.13. The summed E-state index contributed by atoms with van der Waals surface area (Å²) < 4.78 is 13.9. The van der Waals surface area contributed by atoms with Crippen molar-refractivity contribution < 1.29 is 9.18 Å². The Balaban J connectivity index is 1.40. The number of H-pyrrole nitrogens is 2. The molecule has 2 aromatic carbocycles. The predicted octanol–water partition coefficient (Wildman–Crippen LogP) is 6.11. The number of carbonyl (C=O) groups excluding carboxylic acids is 1. The molecular weight excluding hydrogens is 469 g/mol. The quantitative estimate of drug-likeness (QED) is 0.260. The van der Waals surface area contributed by atoms with Crippen molar-refractivity contribution >= 4 is 33.7 Å². The van der Waals surface area contributed by atoms with Crippen molar-refractivity contribution in [2.24, 2.45) is 0 Å². The first-order valence-corrected chi connectivity index (χ1v) is 11.9. The number of imidazole rings is 1. The van der Waals surface area contributed by atoms with E-state index in [2.05, 4.69) is 25.5 Å². The highest BCUT2D eigenvalue weighted by Crippen LogP contribution is 2.32. The zero-order valence-corrected chi connectivity index (χ0v) is 19.9. The van der Waals surface area contributed by atoms with Crippen LogP contribution in [0.2, 0.25) is 0 Å². The Hall–Kier alpha value is -4.92. The molecular formula is C28H22FN7O. The molecule has 0 saturated heterocycles. The first-order chi connectivity index (χ1) is 18.1. The van der Waals surface area contributed by atoms with E-state index in [1.807, 2.05) is 49.4 Å². The van der Waals surface area contributed by atoms with Crippen LogP contribution < -0.4 is 5.32 Å². The van der Waals surface area contributed by atoms with E-state index in [1.165, 1.54) is 12.1 Å². The van der Waals surface area contributed by atoms with Gasteiger partial charge in [0.25, 0.3) is 0 Å². The van der Waals surface area contributed by atoms with Gasteiger partial charge in [0.2, 0.25) is 5.91 Å². The molecule has 0 aliphatic heterocycles. The molecule has 0 fully saturated rings. The summed E-state index contributed by atoms with van der Waals surface area (Å²) in [6.07, 6.45) is 4.54. The summed E-state index contributed by atoms with van der Waals surface area (Å²) in [6.45, 7) is 1.96. The highest BCUT2D eigenvalue weighted by atomic mass is 19.1. The molecule has 3 N–H and O–H groups in total. The van der Waals surface area contributed by atoms with Crippen LogP contribution in [-0.4, -0.2) is 36.0 Å². The number of para-hydroxylation sites is 1. The van der Waals surface area contributed by atoms with Gasteiger partial charge in [-0.05, 0) is 48.4 Å². The van der Waals surface area contributed by atoms with Gasteiger partial charge >= 0.3 is 0 Å². The van der Waals surface area contributed by atoms with Crippen molar-refractivity contribution in [2.75, 3.05) is 5.32 Å². The Kier molecular flexibility index (Phi) is 5.65. The number of amides is 1. The fourth-order valence-electron chi connectivity index (χ4n) is 4.36. The van der Waals surface area contributed by atoms with Gasteiger partial charge < -0.3 is 10.3 Å². The van der Waals surface area contributed by atoms with E-state index in [9.17, 15) is 9.18 Å². The Bertz CT molecular complexity index is 1770. The molecule has 6 rings (SSSR count). The van der Waals surface area contributed by atoms with Gasteiger partial charge in [0.05, 0.1) is 34.1 Å². The van der Waals surface area contributed by atoms with E-state index in [0.717, 1.165) is 39.7 Å². The molecule has 0 spiro atoms. The molecule has 0 unspecified atom stereocenters. The molecule has 182 valence electrons. The zero-order chi connectivity index (χ0) is 25.4. The van der Waals surface area contributed by atoms with Crippen LogP contribution in [0, 0.1) is 5.82 Å². The van der Waals surface area contributed by atoms with E-state index in [1.54, 1.807) is 18.5 Å². The lowest BCUT2D eigenvalue weighted by atomic mass is 10.0. The lowest BCUT2D eigenvalue weighted by Crippen LogP contribution is -2.10. The van der Waals surface area contributed by atoms with Crippen molar-refractivity contribution in [3.8, 4) is 33.9 Å². The number of hydrogen-bond acceptors (Lipinski definition) is 5. The monoisotopic (exact) mass is 491 g/mol. The number of aromatic nitrogens is 6. The van der Waals surface area contributed by atoms with E-state index in [0.29, 0.717) is 34.8 Å². The Morgan fingerprint density at radius 1 is 0.946 bits per heavy atom. The number of aromatic amines is 2. The van der Waals surface area contributed by atoms with Crippen LogP contribution in [0.4, 0.5) is 10.1 Å². The number of hydrogen-bond donors (Lipinski definition) is 3. The predicted molar refractivity (Wildman–Crippen MR) is 141 cm³/mol. The second kappa shape index (κ2) is 9.27. The molecule has 0 radical (unpaired) electrons. The molecule has 6 aromatic rings. The fourth-order valence-corrected chi connectivity index (χ4v) is 4.36. The second-order valence-electron chi connectivity index (χ2n) is 8.72. The number of fused-ring (bicyclic) bond motifs is 2. The fraction of sp³-hybridized carbons (Fsp3) is 0.107. The SMILES string of the molecule is CCCC(=O)Nc1cncc(-c2ccc3[nH]nc(-c4nc5c(-c6cccc(F)c6)cccc5[nH]4)c3n2)c1. The molecule has 0 aliphatic rings. The van der Waals surface area contributed by atoms with Crippen LogP contribution in [-0.2, 0) is 4.79 Å². The Morgan fingerprint density at radius 3 is 2.70 bits per heavy atom. The summed E-state index contributed by atoms with van der Waals surface area (Å²) in [5.74, 6) is 0.196. The van der Waals surface area contributed by atoms with Crippen LogP contribution in [0.25, 0.3) is 56.0 Å². The summed E-state index contributed by atoms with van der Waals surface area (Å²) >= 11 is 0. The molecule has 9 heteroatoms. The van der Waals surface area contributed by atoms with Crippen LogP contribution >= 0.6 is 0 Å². The van der Waals surface area contributed by atoms with Crippen molar-refractivity contribution in [2.45, 2.75) is 19.8 Å². The smallest absolute Gasteiger partial charge is 0.224 e. The van der Waals surface area contributed by atoms with Gasteiger partial charge in [0.15, 0.2) is 11.5 Å². The van der Waals surface area contributed by atoms with E-state index in [-0.39, 0.29) is 11.7 Å². The highest BCUT2D eigenvalue weighted by molar-refractivity contribution is 5.96. The number of nitrogens with zero attached hydrogens (tertiary/aromatic N) is 4. The number of halogens is 1. The summed E-state index contributed by atoms with van der Waals surface area (Å²) in [6, 6.07) is 17.8. The summed E-state index contributed by atoms with van der Waals surface area (Å²) in [7, 11) is 0. The molecule has 4 aromatic heterocycles. The molecule has 37 heavy (non-hydrogen) atoms. The molecule has 0 aliphatic carbocycles. The van der Waals surface area contributed by atoms with Gasteiger partial charge in [-0.25, -0.2) is 14.4 Å². The van der Waals surface area contributed by atoms with Gasteiger partial charge in [-0.1, -0.05) is 31.2 Å². The third-order valence-electron chi connectivity index (χ3n) is 6.08. The van der Waals surface area contributed by atoms with Crippen LogP contribution in [0.1, 0.15) is 19.8 Å². The maximum absolute atomic E-state index is 13.9. The van der Waals surface area contributed by atoms with Crippen LogP contribution in [0.15, 0.2) is 73.1 Å². The summed E-state index contributed by atoms with van der Waals surface area (Å²) in [4.78, 5) is 29.3. The number of rotatable bonds is 6. The molecule has 0 bridgehead atoms. The third-order valence-corrected chi connectivity index (χ3v) is 6.08. The number of nitrogens with one attached hydrogen (secondary N) is 3. The highest BCUT2D eigenvalue weighted by Gasteiger charge is 2.17. The maximum Gasteiger partial charge on any atom is 0.224 e. The zero-order valence-electron chi connectivity index (χ0n) is 19.9. The van der Waals surface area contributed by atoms with Crippen molar-refractivity contribution in [1.29, 1.82) is 0 Å². The van der Waals surface area contributed by atoms with Gasteiger partial charge in [-0.3, -0.25) is 14.9 Å². The number of benzene rings is 2. The van der Waals surface area contributed by atoms with E-state index >= 15 is 0 Å². The topological polar surface area (TPSA) is 112 Å². The van der Waals surface area contributed by atoms with Crippen LogP contribution in [0.3, 0.4) is 0 Å². The minimum absolute atomic E-state index is 0.0514. The molecule has 8 nitrogen and oxygen atoms in total. The van der Waals surface area contributed by atoms with Crippen molar-refractivity contribution in [3.63, 3.8) is 0 Å². The molecule has 1 amide bonds. The lowest BCUT2D eigenvalue weighted by molar-refractivity contribution is -0.116. The number of pyridine rings is 2. The normalized spacial score (nSPS) is 11.3. The van der Waals surface area contributed by atoms with E-state index in [4.69, 9.17) is 9.97 Å². The Labute approximate surface area is 211 Å². The van der Waals surface area contributed by atoms with Gasteiger partial charge in [-0.2, -0.15) is 5.10 Å². The first kappa shape index (κ1) is 22.5. The molecule has 0 saturated carbocycles. The van der Waals surface area contributed by atoms with Gasteiger partial charge in [0, 0.05) is 23.7 Å². The third kappa shape index (κ3) is 4.31. The minimum Gasteiger partial charge on any atom is -0.336 e. The first-order valence-electron chi connectivity index (χ1n) is 11.9. The standard InChI is InChI=1S/C28H22FN7O/c1-2-5-24(37)31-19-13-17(14-30-15-19)21-10-11-23-26(32-21)27(36-35-23)28-33-22-9-4-8-20(25(22)34-28)16-6-3-7-18(29)12-16/h3-4,6-15H,2,5H2,1H3,(H,31,37)(H,33,34)(H,35,36). The summed E-state index contributed by atoms with van der Waals surface area (Å²) in [5, 5.41) is 10.4. The number of anilines is 1. The average Bonchev–Trinajstić information content (AvgIpc) is 3.52. The van der Waals surface area contributed by atoms with Crippen molar-refractivity contribution in [1.82, 2.24) is 30.1 Å². The minimum atomic E-state index is -0.302. The maximum atomic E-state index is 13.9.